The maximum atomic E-state index is 12.4. The van der Waals surface area contributed by atoms with Crippen molar-refractivity contribution < 1.29 is 4.79 Å². The summed E-state index contributed by atoms with van der Waals surface area (Å²) < 4.78 is 0. The Morgan fingerprint density at radius 1 is 1.12 bits per heavy atom. The van der Waals surface area contributed by atoms with Gasteiger partial charge in [-0.1, -0.05) is 36.0 Å². The first kappa shape index (κ1) is 16.5. The zero-order valence-corrected chi connectivity index (χ0v) is 15.0. The fourth-order valence-corrected chi connectivity index (χ4v) is 4.48. The molecule has 130 valence electrons. The third kappa shape index (κ3) is 3.53. The van der Waals surface area contributed by atoms with E-state index in [0.717, 1.165) is 0 Å². The molecular formula is C20H23N3OS. The Labute approximate surface area is 152 Å². The van der Waals surface area contributed by atoms with Crippen molar-refractivity contribution in [1.29, 1.82) is 0 Å². The second kappa shape index (κ2) is 7.10. The summed E-state index contributed by atoms with van der Waals surface area (Å²) in [6, 6.07) is 16.9. The van der Waals surface area contributed by atoms with E-state index in [2.05, 4.69) is 58.7 Å². The number of nitrogens with zero attached hydrogens (tertiary/aromatic N) is 1. The van der Waals surface area contributed by atoms with E-state index < -0.39 is 0 Å². The minimum absolute atomic E-state index is 0.0931. The number of hydrogen-bond donors (Lipinski definition) is 2. The number of carbonyl (C=O) groups is 1. The molecule has 4 rings (SSSR count). The van der Waals surface area contributed by atoms with E-state index in [1.807, 2.05) is 0 Å². The lowest BCUT2D eigenvalue weighted by molar-refractivity contribution is -0.121. The lowest BCUT2D eigenvalue weighted by atomic mass is 10.1. The summed E-state index contributed by atoms with van der Waals surface area (Å²) in [5.74, 6) is 0.678. The molecule has 3 N–H and O–H groups in total. The second-order valence-corrected chi connectivity index (χ2v) is 7.77. The Morgan fingerprint density at radius 2 is 1.72 bits per heavy atom. The largest absolute Gasteiger partial charge is 0.352 e. The molecule has 2 aromatic rings. The number of anilines is 2. The molecular weight excluding hydrogens is 330 g/mol. The molecule has 1 atom stereocenters. The van der Waals surface area contributed by atoms with Crippen molar-refractivity contribution in [3.63, 3.8) is 0 Å². The molecule has 2 aromatic carbocycles. The van der Waals surface area contributed by atoms with Crippen molar-refractivity contribution in [2.45, 2.75) is 35.1 Å². The third-order valence-corrected chi connectivity index (χ3v) is 6.02. The maximum Gasteiger partial charge on any atom is 0.222 e. The Kier molecular flexibility index (Phi) is 4.68. The van der Waals surface area contributed by atoms with Gasteiger partial charge in [0.1, 0.15) is 0 Å². The number of nitrogens with two attached hydrogens (primary N) is 1. The van der Waals surface area contributed by atoms with E-state index in [1.54, 1.807) is 11.8 Å². The van der Waals surface area contributed by atoms with Gasteiger partial charge in [-0.05, 0) is 43.0 Å². The van der Waals surface area contributed by atoms with E-state index in [-0.39, 0.29) is 11.9 Å². The molecule has 1 unspecified atom stereocenters. The molecule has 0 radical (unpaired) electrons. The highest BCUT2D eigenvalue weighted by molar-refractivity contribution is 7.99. The van der Waals surface area contributed by atoms with Crippen LogP contribution >= 0.6 is 11.8 Å². The highest BCUT2D eigenvalue weighted by Crippen LogP contribution is 2.47. The normalized spacial score (nSPS) is 16.8. The lowest BCUT2D eigenvalue weighted by Gasteiger charge is -2.32. The van der Waals surface area contributed by atoms with Crippen LogP contribution in [0.25, 0.3) is 0 Å². The molecule has 0 aromatic heterocycles. The monoisotopic (exact) mass is 353 g/mol. The van der Waals surface area contributed by atoms with Crippen LogP contribution in [0.15, 0.2) is 58.3 Å². The highest BCUT2D eigenvalue weighted by Gasteiger charge is 2.31. The zero-order valence-electron chi connectivity index (χ0n) is 14.2. The van der Waals surface area contributed by atoms with E-state index in [0.29, 0.717) is 25.4 Å². The number of fused-ring (bicyclic) bond motifs is 2. The predicted molar refractivity (Wildman–Crippen MR) is 102 cm³/mol. The van der Waals surface area contributed by atoms with Crippen LogP contribution in [0.3, 0.4) is 0 Å². The molecule has 0 spiro atoms. The van der Waals surface area contributed by atoms with Crippen molar-refractivity contribution in [3.05, 3.63) is 48.5 Å². The van der Waals surface area contributed by atoms with Crippen LogP contribution in [-0.2, 0) is 4.79 Å². The fraction of sp³-hybridized carbons (Fsp3) is 0.350. The SMILES string of the molecule is NCC(NC(=O)CCN1c2ccccc2Sc2ccccc21)C1CC1. The third-order valence-electron chi connectivity index (χ3n) is 4.89. The molecule has 25 heavy (non-hydrogen) atoms. The highest BCUT2D eigenvalue weighted by atomic mass is 32.2. The van der Waals surface area contributed by atoms with Crippen molar-refractivity contribution >= 4 is 29.0 Å². The van der Waals surface area contributed by atoms with Crippen LogP contribution in [0.1, 0.15) is 19.3 Å². The summed E-state index contributed by atoms with van der Waals surface area (Å²) in [4.78, 5) is 17.1. The molecule has 4 nitrogen and oxygen atoms in total. The summed E-state index contributed by atoms with van der Waals surface area (Å²) in [7, 11) is 0. The van der Waals surface area contributed by atoms with E-state index >= 15 is 0 Å². The van der Waals surface area contributed by atoms with Crippen molar-refractivity contribution in [3.8, 4) is 0 Å². The molecule has 1 aliphatic carbocycles. The Morgan fingerprint density at radius 3 is 2.28 bits per heavy atom. The van der Waals surface area contributed by atoms with E-state index in [1.165, 1.54) is 34.0 Å². The van der Waals surface area contributed by atoms with Crippen LogP contribution < -0.4 is 16.0 Å². The topological polar surface area (TPSA) is 58.4 Å². The molecule has 1 aliphatic heterocycles. The minimum atomic E-state index is 0.0931. The van der Waals surface area contributed by atoms with Gasteiger partial charge in [0, 0.05) is 35.3 Å². The summed E-state index contributed by atoms with van der Waals surface area (Å²) in [6.07, 6.45) is 2.84. The zero-order chi connectivity index (χ0) is 17.2. The molecule has 0 saturated heterocycles. The van der Waals surface area contributed by atoms with Crippen LogP contribution in [0.2, 0.25) is 0 Å². The van der Waals surface area contributed by atoms with Gasteiger partial charge >= 0.3 is 0 Å². The van der Waals surface area contributed by atoms with Crippen molar-refractivity contribution in [1.82, 2.24) is 5.32 Å². The lowest BCUT2D eigenvalue weighted by Crippen LogP contribution is -2.42. The van der Waals surface area contributed by atoms with Gasteiger partial charge < -0.3 is 16.0 Å². The number of rotatable bonds is 6. The summed E-state index contributed by atoms with van der Waals surface area (Å²) in [5.41, 5.74) is 8.15. The standard InChI is InChI=1S/C20H23N3OS/c21-13-15(14-9-10-14)22-20(24)11-12-23-16-5-1-3-7-18(16)25-19-8-4-2-6-17(19)23/h1-8,14-15H,9-13,21H2,(H,22,24). The van der Waals surface area contributed by atoms with E-state index in [4.69, 9.17) is 5.73 Å². The van der Waals surface area contributed by atoms with Gasteiger partial charge in [-0.25, -0.2) is 0 Å². The molecule has 1 saturated carbocycles. The van der Waals surface area contributed by atoms with Gasteiger partial charge in [-0.2, -0.15) is 0 Å². The average molecular weight is 353 g/mol. The predicted octanol–water partition coefficient (Wildman–Crippen LogP) is 3.53. The summed E-state index contributed by atoms with van der Waals surface area (Å²) >= 11 is 1.79. The second-order valence-electron chi connectivity index (χ2n) is 6.69. The summed E-state index contributed by atoms with van der Waals surface area (Å²) in [6.45, 7) is 1.20. The van der Waals surface area contributed by atoms with Crippen LogP contribution in [0, 0.1) is 5.92 Å². The quantitative estimate of drug-likeness (QED) is 0.834. The first-order chi connectivity index (χ1) is 12.3. The first-order valence-electron chi connectivity index (χ1n) is 8.89. The van der Waals surface area contributed by atoms with Gasteiger partial charge in [-0.15, -0.1) is 0 Å². The number of carbonyl (C=O) groups excluding carboxylic acids is 1. The van der Waals surface area contributed by atoms with Crippen LogP contribution in [-0.4, -0.2) is 25.0 Å². The molecule has 1 fully saturated rings. The number of nitrogens with one attached hydrogen (secondary N) is 1. The molecule has 2 aliphatic rings. The van der Waals surface area contributed by atoms with Crippen molar-refractivity contribution in [2.75, 3.05) is 18.0 Å². The Balaban J connectivity index is 1.49. The molecule has 1 amide bonds. The average Bonchev–Trinajstić information content (AvgIpc) is 3.48. The minimum Gasteiger partial charge on any atom is -0.352 e. The van der Waals surface area contributed by atoms with Gasteiger partial charge in [-0.3, -0.25) is 4.79 Å². The smallest absolute Gasteiger partial charge is 0.222 e. The first-order valence-corrected chi connectivity index (χ1v) is 9.71. The summed E-state index contributed by atoms with van der Waals surface area (Å²) in [5, 5.41) is 3.12. The maximum absolute atomic E-state index is 12.4. The molecule has 1 heterocycles. The van der Waals surface area contributed by atoms with Gasteiger partial charge in [0.25, 0.3) is 0 Å². The Bertz CT molecular complexity index is 730. The number of benzene rings is 2. The van der Waals surface area contributed by atoms with Crippen LogP contribution in [0.5, 0.6) is 0 Å². The van der Waals surface area contributed by atoms with Gasteiger partial charge in [0.05, 0.1) is 11.4 Å². The van der Waals surface area contributed by atoms with Gasteiger partial charge in [0.15, 0.2) is 0 Å². The number of amides is 1. The molecule has 0 bridgehead atoms. The van der Waals surface area contributed by atoms with Gasteiger partial charge in [0.2, 0.25) is 5.91 Å². The van der Waals surface area contributed by atoms with Crippen LogP contribution in [0.4, 0.5) is 11.4 Å². The molecule has 5 heteroatoms. The van der Waals surface area contributed by atoms with Crippen molar-refractivity contribution in [2.24, 2.45) is 11.7 Å². The van der Waals surface area contributed by atoms with E-state index in [9.17, 15) is 4.79 Å². The number of hydrogen-bond acceptors (Lipinski definition) is 4. The Hall–Kier alpha value is -1.98. The fourth-order valence-electron chi connectivity index (χ4n) is 3.38. The number of para-hydroxylation sites is 2.